The summed E-state index contributed by atoms with van der Waals surface area (Å²) in [6, 6.07) is 8.32. The average Bonchev–Trinajstić information content (AvgIpc) is 2.63. The molecule has 3 atom stereocenters. The van der Waals surface area contributed by atoms with Crippen molar-refractivity contribution < 1.29 is 8.78 Å². The minimum absolute atomic E-state index is 0.0847. The lowest BCUT2D eigenvalue weighted by Gasteiger charge is -2.40. The second-order valence-electron chi connectivity index (χ2n) is 7.63. The lowest BCUT2D eigenvalue weighted by molar-refractivity contribution is 0.234. The number of allylic oxidation sites excluding steroid dienone is 2. The van der Waals surface area contributed by atoms with Crippen molar-refractivity contribution in [3.63, 3.8) is 0 Å². The smallest absolute Gasteiger partial charge is 0.137 e. The first-order valence-corrected chi connectivity index (χ1v) is 9.85. The van der Waals surface area contributed by atoms with Crippen LogP contribution in [0.1, 0.15) is 49.7 Å². The van der Waals surface area contributed by atoms with E-state index in [1.54, 1.807) is 30.3 Å². The average molecular weight is 373 g/mol. The van der Waals surface area contributed by atoms with E-state index >= 15 is 4.39 Å². The standard InChI is InChI=1S/C23H23ClF2/c1-2-3-14-4-10-18-16(12-14)7-11-19-20(18)13-21(25)22(23(19)26)15-5-8-17(24)9-6-15/h2-3,5-6,8-9,13-14,16,18H,4,7,10-12H2,1H3/b3-2+. The van der Waals surface area contributed by atoms with E-state index in [0.29, 0.717) is 34.8 Å². The summed E-state index contributed by atoms with van der Waals surface area (Å²) in [7, 11) is 0. The second-order valence-corrected chi connectivity index (χ2v) is 8.06. The van der Waals surface area contributed by atoms with Crippen LogP contribution >= 0.6 is 11.6 Å². The Morgan fingerprint density at radius 1 is 1.08 bits per heavy atom. The van der Waals surface area contributed by atoms with Gasteiger partial charge in [0.1, 0.15) is 11.6 Å². The molecule has 0 N–H and O–H groups in total. The van der Waals surface area contributed by atoms with Crippen LogP contribution in [-0.2, 0) is 6.42 Å². The van der Waals surface area contributed by atoms with Gasteiger partial charge in [0.2, 0.25) is 0 Å². The first-order chi connectivity index (χ1) is 12.6. The summed E-state index contributed by atoms with van der Waals surface area (Å²) in [5, 5.41) is 0.563. The van der Waals surface area contributed by atoms with E-state index < -0.39 is 5.82 Å². The van der Waals surface area contributed by atoms with Crippen LogP contribution in [0, 0.1) is 23.5 Å². The summed E-state index contributed by atoms with van der Waals surface area (Å²) in [5.41, 5.74) is 2.27. The topological polar surface area (TPSA) is 0 Å². The highest BCUT2D eigenvalue weighted by molar-refractivity contribution is 6.30. The maximum Gasteiger partial charge on any atom is 0.137 e. The van der Waals surface area contributed by atoms with Crippen molar-refractivity contribution in [2.75, 3.05) is 0 Å². The van der Waals surface area contributed by atoms with Crippen molar-refractivity contribution in [2.24, 2.45) is 11.8 Å². The van der Waals surface area contributed by atoms with Crippen molar-refractivity contribution in [1.29, 1.82) is 0 Å². The van der Waals surface area contributed by atoms with Gasteiger partial charge in [-0.05, 0) is 91.7 Å². The number of hydrogen-bond acceptors (Lipinski definition) is 0. The molecule has 2 aliphatic carbocycles. The molecule has 26 heavy (non-hydrogen) atoms. The molecule has 0 aromatic heterocycles. The lowest BCUT2D eigenvalue weighted by Crippen LogP contribution is -2.28. The zero-order chi connectivity index (χ0) is 18.3. The van der Waals surface area contributed by atoms with Crippen molar-refractivity contribution >= 4 is 11.6 Å². The quantitative estimate of drug-likeness (QED) is 0.485. The van der Waals surface area contributed by atoms with E-state index in [1.807, 2.05) is 0 Å². The largest absolute Gasteiger partial charge is 0.206 e. The van der Waals surface area contributed by atoms with Crippen LogP contribution in [0.2, 0.25) is 5.02 Å². The second kappa shape index (κ2) is 7.15. The molecule has 2 aromatic carbocycles. The summed E-state index contributed by atoms with van der Waals surface area (Å²) in [6.07, 6.45) is 9.37. The van der Waals surface area contributed by atoms with Crippen LogP contribution in [0.5, 0.6) is 0 Å². The Morgan fingerprint density at radius 3 is 2.58 bits per heavy atom. The number of fused-ring (bicyclic) bond motifs is 3. The Balaban J connectivity index is 1.72. The van der Waals surface area contributed by atoms with E-state index in [4.69, 9.17) is 11.6 Å². The zero-order valence-electron chi connectivity index (χ0n) is 14.9. The Bertz CT molecular complexity index is 838. The van der Waals surface area contributed by atoms with Gasteiger partial charge in [-0.15, -0.1) is 0 Å². The Morgan fingerprint density at radius 2 is 1.85 bits per heavy atom. The van der Waals surface area contributed by atoms with Crippen LogP contribution in [0.3, 0.4) is 0 Å². The highest BCUT2D eigenvalue weighted by atomic mass is 35.5. The summed E-state index contributed by atoms with van der Waals surface area (Å²) >= 11 is 5.91. The third-order valence-corrected chi connectivity index (χ3v) is 6.39. The zero-order valence-corrected chi connectivity index (χ0v) is 15.7. The van der Waals surface area contributed by atoms with Crippen molar-refractivity contribution in [3.05, 3.63) is 70.3 Å². The van der Waals surface area contributed by atoms with Crippen LogP contribution < -0.4 is 0 Å². The predicted octanol–water partition coefficient (Wildman–Crippen LogP) is 7.31. The Hall–Kier alpha value is -1.67. The molecule has 0 nitrogen and oxygen atoms in total. The van der Waals surface area contributed by atoms with Gasteiger partial charge in [-0.25, -0.2) is 8.78 Å². The molecular formula is C23H23ClF2. The molecule has 0 heterocycles. The SMILES string of the molecule is C/C=C/C1CCC2c3cc(F)c(-c4ccc(Cl)cc4)c(F)c3CCC2C1. The van der Waals surface area contributed by atoms with Gasteiger partial charge in [-0.3, -0.25) is 0 Å². The van der Waals surface area contributed by atoms with Crippen LogP contribution in [0.15, 0.2) is 42.5 Å². The molecule has 0 radical (unpaired) electrons. The first-order valence-electron chi connectivity index (χ1n) is 9.48. The van der Waals surface area contributed by atoms with Gasteiger partial charge in [-0.2, -0.15) is 0 Å². The van der Waals surface area contributed by atoms with Gasteiger partial charge in [0, 0.05) is 5.02 Å². The molecule has 1 fully saturated rings. The van der Waals surface area contributed by atoms with E-state index in [-0.39, 0.29) is 11.4 Å². The van der Waals surface area contributed by atoms with Crippen molar-refractivity contribution in [2.45, 2.75) is 44.9 Å². The van der Waals surface area contributed by atoms with Crippen LogP contribution in [0.4, 0.5) is 8.78 Å². The Labute approximate surface area is 158 Å². The third kappa shape index (κ3) is 3.09. The summed E-state index contributed by atoms with van der Waals surface area (Å²) in [4.78, 5) is 0. The number of halogens is 3. The summed E-state index contributed by atoms with van der Waals surface area (Å²) < 4.78 is 30.2. The monoisotopic (exact) mass is 372 g/mol. The van der Waals surface area contributed by atoms with Gasteiger partial charge in [0.05, 0.1) is 5.56 Å². The van der Waals surface area contributed by atoms with E-state index in [1.165, 1.54) is 0 Å². The molecule has 3 heteroatoms. The summed E-state index contributed by atoms with van der Waals surface area (Å²) in [5.74, 6) is 0.614. The number of benzene rings is 2. The fraction of sp³-hybridized carbons (Fsp3) is 0.391. The molecule has 136 valence electrons. The van der Waals surface area contributed by atoms with E-state index in [0.717, 1.165) is 36.8 Å². The molecule has 0 aliphatic heterocycles. The lowest BCUT2D eigenvalue weighted by atomic mass is 9.65. The fourth-order valence-corrected chi connectivity index (χ4v) is 5.08. The molecule has 2 aromatic rings. The van der Waals surface area contributed by atoms with Gasteiger partial charge >= 0.3 is 0 Å². The molecular weight excluding hydrogens is 350 g/mol. The van der Waals surface area contributed by atoms with Crippen molar-refractivity contribution in [3.8, 4) is 11.1 Å². The maximum atomic E-state index is 15.3. The Kier molecular flexibility index (Phi) is 4.88. The molecule has 0 bridgehead atoms. The van der Waals surface area contributed by atoms with Gasteiger partial charge in [0.15, 0.2) is 0 Å². The fourth-order valence-electron chi connectivity index (χ4n) is 4.95. The molecule has 2 aliphatic rings. The highest BCUT2D eigenvalue weighted by Crippen LogP contribution is 2.49. The van der Waals surface area contributed by atoms with E-state index in [2.05, 4.69) is 19.1 Å². The number of hydrogen-bond donors (Lipinski definition) is 0. The van der Waals surface area contributed by atoms with Gasteiger partial charge in [-0.1, -0.05) is 35.9 Å². The minimum atomic E-state index is -0.459. The minimum Gasteiger partial charge on any atom is -0.206 e. The highest BCUT2D eigenvalue weighted by Gasteiger charge is 2.37. The van der Waals surface area contributed by atoms with Crippen LogP contribution in [-0.4, -0.2) is 0 Å². The maximum absolute atomic E-state index is 15.3. The third-order valence-electron chi connectivity index (χ3n) is 6.14. The molecule has 1 saturated carbocycles. The van der Waals surface area contributed by atoms with Gasteiger partial charge in [0.25, 0.3) is 0 Å². The normalized spacial score (nSPS) is 25.2. The number of rotatable bonds is 2. The molecule has 3 unspecified atom stereocenters. The van der Waals surface area contributed by atoms with Crippen LogP contribution in [0.25, 0.3) is 11.1 Å². The molecule has 0 saturated heterocycles. The molecule has 0 amide bonds. The summed E-state index contributed by atoms with van der Waals surface area (Å²) in [6.45, 7) is 2.06. The van der Waals surface area contributed by atoms with E-state index in [9.17, 15) is 4.39 Å². The molecule has 0 spiro atoms. The van der Waals surface area contributed by atoms with Crippen molar-refractivity contribution in [1.82, 2.24) is 0 Å². The molecule has 4 rings (SSSR count). The first kappa shape index (κ1) is 17.7. The predicted molar refractivity (Wildman–Crippen MR) is 104 cm³/mol. The van der Waals surface area contributed by atoms with Gasteiger partial charge < -0.3 is 0 Å².